The van der Waals surface area contributed by atoms with E-state index in [-0.39, 0.29) is 5.82 Å². The van der Waals surface area contributed by atoms with Crippen LogP contribution in [-0.2, 0) is 6.54 Å². The molecule has 0 spiro atoms. The number of hydrogen-bond acceptors (Lipinski definition) is 2. The third-order valence-corrected chi connectivity index (χ3v) is 4.18. The normalized spacial score (nSPS) is 15.2. The molecule has 0 aliphatic carbocycles. The fourth-order valence-corrected chi connectivity index (χ4v) is 2.74. The Bertz CT molecular complexity index is 780. The molecule has 0 saturated carbocycles. The highest BCUT2D eigenvalue weighted by Gasteiger charge is 2.10. The zero-order valence-electron chi connectivity index (χ0n) is 13.5. The van der Waals surface area contributed by atoms with Crippen LogP contribution in [0.25, 0.3) is 6.08 Å². The van der Waals surface area contributed by atoms with Gasteiger partial charge in [0.2, 0.25) is 0 Å². The van der Waals surface area contributed by atoms with E-state index in [1.165, 1.54) is 23.3 Å². The lowest BCUT2D eigenvalue weighted by Gasteiger charge is -2.25. The van der Waals surface area contributed by atoms with Crippen molar-refractivity contribution in [3.05, 3.63) is 88.8 Å². The molecule has 1 aliphatic rings. The van der Waals surface area contributed by atoms with Crippen molar-refractivity contribution in [1.82, 2.24) is 4.90 Å². The van der Waals surface area contributed by atoms with Crippen LogP contribution >= 0.6 is 0 Å². The predicted octanol–water partition coefficient (Wildman–Crippen LogP) is 4.54. The van der Waals surface area contributed by atoms with Crippen molar-refractivity contribution in [2.24, 2.45) is 0 Å². The minimum Gasteiger partial charge on any atom is -0.295 e. The van der Waals surface area contributed by atoms with E-state index in [1.54, 1.807) is 12.1 Å². The summed E-state index contributed by atoms with van der Waals surface area (Å²) in [5.41, 5.74) is 4.26. The van der Waals surface area contributed by atoms with Crippen LogP contribution < -0.4 is 0 Å². The van der Waals surface area contributed by atoms with Crippen molar-refractivity contribution < 1.29 is 4.39 Å². The van der Waals surface area contributed by atoms with Crippen molar-refractivity contribution in [3.63, 3.8) is 0 Å². The Hall–Kier alpha value is -2.70. The largest absolute Gasteiger partial charge is 0.295 e. The van der Waals surface area contributed by atoms with E-state index in [9.17, 15) is 4.39 Å². The second-order valence-electron chi connectivity index (χ2n) is 5.96. The molecule has 0 amide bonds. The summed E-state index contributed by atoms with van der Waals surface area (Å²) in [6, 6.07) is 16.4. The lowest BCUT2D eigenvalue weighted by Crippen LogP contribution is -2.28. The van der Waals surface area contributed by atoms with Crippen molar-refractivity contribution in [2.75, 3.05) is 13.1 Å². The van der Waals surface area contributed by atoms with Crippen LogP contribution in [0.5, 0.6) is 0 Å². The maximum Gasteiger partial charge on any atom is 0.123 e. The fraction of sp³-hybridized carbons (Fsp3) is 0.190. The lowest BCUT2D eigenvalue weighted by molar-refractivity contribution is 0.287. The van der Waals surface area contributed by atoms with Gasteiger partial charge in [0.25, 0.3) is 0 Å². The molecule has 1 aliphatic heterocycles. The third kappa shape index (κ3) is 4.41. The standard InChI is InChI=1S/C21H19FN2/c22-21-9-7-17(8-10-21)1-2-18-11-13-24(14-12-18)16-20-5-3-19(15-23)4-6-20/h1-11H,12-14,16H2. The first-order valence-electron chi connectivity index (χ1n) is 8.07. The first-order chi connectivity index (χ1) is 11.7. The van der Waals surface area contributed by atoms with Gasteiger partial charge in [-0.1, -0.05) is 42.5 Å². The summed E-state index contributed by atoms with van der Waals surface area (Å²) >= 11 is 0. The molecule has 3 rings (SSSR count). The molecule has 1 heterocycles. The second-order valence-corrected chi connectivity index (χ2v) is 5.96. The van der Waals surface area contributed by atoms with Gasteiger partial charge in [-0.05, 0) is 47.4 Å². The van der Waals surface area contributed by atoms with Gasteiger partial charge < -0.3 is 0 Å². The van der Waals surface area contributed by atoms with Gasteiger partial charge in [-0.15, -0.1) is 0 Å². The first kappa shape index (κ1) is 16.2. The van der Waals surface area contributed by atoms with E-state index >= 15 is 0 Å². The summed E-state index contributed by atoms with van der Waals surface area (Å²) < 4.78 is 12.9. The zero-order valence-corrected chi connectivity index (χ0v) is 13.5. The molecular weight excluding hydrogens is 299 g/mol. The molecule has 0 N–H and O–H groups in total. The molecule has 0 aromatic heterocycles. The van der Waals surface area contributed by atoms with E-state index in [0.29, 0.717) is 5.56 Å². The van der Waals surface area contributed by atoms with Crippen molar-refractivity contribution in [1.29, 1.82) is 5.26 Å². The summed E-state index contributed by atoms with van der Waals surface area (Å²) in [6.45, 7) is 2.83. The van der Waals surface area contributed by atoms with Crippen molar-refractivity contribution in [2.45, 2.75) is 13.0 Å². The number of hydrogen-bond donors (Lipinski definition) is 0. The summed E-state index contributed by atoms with van der Waals surface area (Å²) in [5, 5.41) is 8.83. The number of allylic oxidation sites excluding steroid dienone is 1. The van der Waals surface area contributed by atoms with Crippen LogP contribution in [0.4, 0.5) is 4.39 Å². The van der Waals surface area contributed by atoms with Gasteiger partial charge in [-0.25, -0.2) is 4.39 Å². The number of halogens is 1. The average Bonchev–Trinajstić information content (AvgIpc) is 2.63. The first-order valence-corrected chi connectivity index (χ1v) is 8.07. The fourth-order valence-electron chi connectivity index (χ4n) is 2.74. The lowest BCUT2D eigenvalue weighted by atomic mass is 10.1. The maximum absolute atomic E-state index is 12.9. The second kappa shape index (κ2) is 7.72. The molecule has 0 saturated heterocycles. The van der Waals surface area contributed by atoms with E-state index in [4.69, 9.17) is 5.26 Å². The summed E-state index contributed by atoms with van der Waals surface area (Å²) in [4.78, 5) is 2.39. The Labute approximate surface area is 142 Å². The molecule has 24 heavy (non-hydrogen) atoms. The molecule has 0 radical (unpaired) electrons. The Kier molecular flexibility index (Phi) is 5.20. The number of nitriles is 1. The van der Waals surface area contributed by atoms with Gasteiger partial charge in [0.15, 0.2) is 0 Å². The Morgan fingerprint density at radius 2 is 1.79 bits per heavy atom. The molecule has 0 fully saturated rings. The third-order valence-electron chi connectivity index (χ3n) is 4.18. The van der Waals surface area contributed by atoms with Gasteiger partial charge >= 0.3 is 0 Å². The van der Waals surface area contributed by atoms with Gasteiger partial charge in [0, 0.05) is 19.6 Å². The minimum absolute atomic E-state index is 0.206. The monoisotopic (exact) mass is 318 g/mol. The van der Waals surface area contributed by atoms with E-state index in [0.717, 1.165) is 31.6 Å². The molecule has 0 atom stereocenters. The molecule has 2 aromatic carbocycles. The molecule has 0 bridgehead atoms. The summed E-state index contributed by atoms with van der Waals surface area (Å²) in [6.07, 6.45) is 7.40. The van der Waals surface area contributed by atoms with Crippen molar-refractivity contribution >= 4 is 6.08 Å². The highest BCUT2D eigenvalue weighted by Crippen LogP contribution is 2.16. The smallest absolute Gasteiger partial charge is 0.123 e. The molecule has 2 aromatic rings. The number of nitrogens with zero attached hydrogens (tertiary/aromatic N) is 2. The molecular formula is C21H19FN2. The van der Waals surface area contributed by atoms with Crippen LogP contribution in [0.3, 0.4) is 0 Å². The quantitative estimate of drug-likeness (QED) is 0.827. The molecule has 2 nitrogen and oxygen atoms in total. The van der Waals surface area contributed by atoms with E-state index < -0.39 is 0 Å². The molecule has 3 heteroatoms. The van der Waals surface area contributed by atoms with Crippen LogP contribution in [0, 0.1) is 17.1 Å². The van der Waals surface area contributed by atoms with Crippen LogP contribution in [0.2, 0.25) is 0 Å². The Balaban J connectivity index is 1.55. The Morgan fingerprint density at radius 1 is 1.04 bits per heavy atom. The van der Waals surface area contributed by atoms with Crippen LogP contribution in [0.1, 0.15) is 23.1 Å². The number of benzene rings is 2. The molecule has 0 unspecified atom stereocenters. The van der Waals surface area contributed by atoms with Gasteiger partial charge in [0.05, 0.1) is 11.6 Å². The minimum atomic E-state index is -0.206. The van der Waals surface area contributed by atoms with Gasteiger partial charge in [0.1, 0.15) is 5.82 Å². The predicted molar refractivity (Wildman–Crippen MR) is 94.6 cm³/mol. The van der Waals surface area contributed by atoms with Gasteiger partial charge in [-0.2, -0.15) is 5.26 Å². The van der Waals surface area contributed by atoms with Crippen LogP contribution in [0.15, 0.2) is 66.3 Å². The van der Waals surface area contributed by atoms with E-state index in [1.807, 2.05) is 30.3 Å². The average molecular weight is 318 g/mol. The van der Waals surface area contributed by atoms with E-state index in [2.05, 4.69) is 23.1 Å². The summed E-state index contributed by atoms with van der Waals surface area (Å²) in [7, 11) is 0. The molecule has 120 valence electrons. The highest BCUT2D eigenvalue weighted by molar-refractivity contribution is 5.53. The van der Waals surface area contributed by atoms with Crippen molar-refractivity contribution in [3.8, 4) is 6.07 Å². The number of rotatable bonds is 4. The highest BCUT2D eigenvalue weighted by atomic mass is 19.1. The zero-order chi connectivity index (χ0) is 16.8. The van der Waals surface area contributed by atoms with Gasteiger partial charge in [-0.3, -0.25) is 4.90 Å². The SMILES string of the molecule is N#Cc1ccc(CN2CC=C(C=Cc3ccc(F)cc3)CC2)cc1. The summed E-state index contributed by atoms with van der Waals surface area (Å²) in [5.74, 6) is -0.206. The Morgan fingerprint density at radius 3 is 2.42 bits per heavy atom. The topological polar surface area (TPSA) is 27.0 Å². The maximum atomic E-state index is 12.9. The van der Waals surface area contributed by atoms with Crippen LogP contribution in [-0.4, -0.2) is 18.0 Å².